The molecular formula is C56H84N6O6. The summed E-state index contributed by atoms with van der Waals surface area (Å²) in [7, 11) is 0. The molecule has 1 saturated heterocycles. The molecule has 12 nitrogen and oxygen atoms in total. The van der Waals surface area contributed by atoms with Gasteiger partial charge >= 0.3 is 0 Å². The third-order valence-electron chi connectivity index (χ3n) is 15.2. The Morgan fingerprint density at radius 3 is 1.69 bits per heavy atom. The Balaban J connectivity index is 1.61. The normalized spacial score (nSPS) is 21.0. The molecule has 0 bridgehead atoms. The molecular weight excluding hydrogens is 853 g/mol. The SMILES string of the molecule is CCCCN(CCCC)C(=O)CCC(=O)N=C1C=C2C(=CC1=C1C(=O)C(c3cc4c(cc3NC(=O)CCC(=O)N(CCCC)CCCC)N(C(C)C)C(C)C4(C)C)=C1O)C(C)(C)C(C)N2C(C)C. The second-order valence-electron chi connectivity index (χ2n) is 21.3. The number of ketones is 1. The van der Waals surface area contributed by atoms with E-state index in [2.05, 4.69) is 117 Å². The average Bonchev–Trinajstić information content (AvgIpc) is 3.60. The van der Waals surface area contributed by atoms with Crippen molar-refractivity contribution >= 4 is 52.1 Å². The maximum absolute atomic E-state index is 15.0. The summed E-state index contributed by atoms with van der Waals surface area (Å²) >= 11 is 0. The van der Waals surface area contributed by atoms with Crippen molar-refractivity contribution in [3.05, 3.63) is 63.6 Å². The summed E-state index contributed by atoms with van der Waals surface area (Å²) in [5, 5.41) is 15.4. The second kappa shape index (κ2) is 22.6. The first-order valence-electron chi connectivity index (χ1n) is 26.0. The number of aliphatic hydroxyl groups is 1. The van der Waals surface area contributed by atoms with Crippen LogP contribution in [0.4, 0.5) is 11.4 Å². The molecule has 0 spiro atoms. The lowest BCUT2D eigenvalue weighted by Gasteiger charge is -2.34. The Morgan fingerprint density at radius 1 is 0.706 bits per heavy atom. The highest BCUT2D eigenvalue weighted by molar-refractivity contribution is 6.42. The minimum atomic E-state index is -0.477. The van der Waals surface area contributed by atoms with Gasteiger partial charge < -0.3 is 30.0 Å². The highest BCUT2D eigenvalue weighted by Crippen LogP contribution is 2.53. The largest absolute Gasteiger partial charge is 0.506 e. The number of nitrogens with one attached hydrogen (secondary N) is 1. The van der Waals surface area contributed by atoms with Gasteiger partial charge in [0.05, 0.1) is 22.5 Å². The van der Waals surface area contributed by atoms with Gasteiger partial charge in [0.25, 0.3) is 0 Å². The number of benzene rings is 1. The molecule has 4 aliphatic rings. The number of hydrogen-bond donors (Lipinski definition) is 2. The molecule has 1 aromatic rings. The quantitative estimate of drug-likeness (QED) is 0.109. The van der Waals surface area contributed by atoms with Crippen LogP contribution in [0.25, 0.3) is 5.57 Å². The number of amides is 4. The lowest BCUT2D eigenvalue weighted by Crippen LogP contribution is -2.42. The Kier molecular flexibility index (Phi) is 17.9. The lowest BCUT2D eigenvalue weighted by molar-refractivity contribution is -0.133. The zero-order valence-electron chi connectivity index (χ0n) is 44.2. The zero-order valence-corrected chi connectivity index (χ0v) is 44.2. The molecule has 374 valence electrons. The van der Waals surface area contributed by atoms with Crippen LogP contribution < -0.4 is 10.2 Å². The molecule has 1 aromatic carbocycles. The number of aliphatic imine (C=N–C) groups is 1. The first-order valence-corrected chi connectivity index (χ1v) is 26.0. The van der Waals surface area contributed by atoms with Crippen molar-refractivity contribution in [3.8, 4) is 0 Å². The monoisotopic (exact) mass is 937 g/mol. The molecule has 2 aliphatic carbocycles. The molecule has 0 radical (unpaired) electrons. The van der Waals surface area contributed by atoms with Gasteiger partial charge in [-0.1, -0.05) is 81.1 Å². The number of unbranched alkanes of at least 4 members (excludes halogenated alkanes) is 4. The Hall–Kier alpha value is -5.00. The van der Waals surface area contributed by atoms with Crippen molar-refractivity contribution in [2.24, 2.45) is 10.4 Å². The smallest absolute Gasteiger partial charge is 0.246 e. The third-order valence-corrected chi connectivity index (χ3v) is 15.2. The van der Waals surface area contributed by atoms with E-state index in [1.165, 1.54) is 0 Å². The molecule has 2 heterocycles. The molecule has 5 rings (SSSR count). The van der Waals surface area contributed by atoms with Crippen LogP contribution in [0, 0.1) is 5.41 Å². The van der Waals surface area contributed by atoms with E-state index in [1.54, 1.807) is 0 Å². The lowest BCUT2D eigenvalue weighted by atomic mass is 9.73. The number of carbonyl (C=O) groups is 5. The van der Waals surface area contributed by atoms with E-state index in [0.29, 0.717) is 43.0 Å². The molecule has 2 N–H and O–H groups in total. The summed E-state index contributed by atoms with van der Waals surface area (Å²) in [5.74, 6) is -1.62. The fraction of sp³-hybridized carbons (Fsp3) is 0.643. The van der Waals surface area contributed by atoms with Crippen molar-refractivity contribution in [2.75, 3.05) is 36.4 Å². The summed E-state index contributed by atoms with van der Waals surface area (Å²) in [6.07, 6.45) is 11.2. The minimum Gasteiger partial charge on any atom is -0.506 e. The van der Waals surface area contributed by atoms with Crippen LogP contribution in [0.15, 0.2) is 57.5 Å². The van der Waals surface area contributed by atoms with Crippen LogP contribution in [0.1, 0.15) is 185 Å². The number of anilines is 2. The molecule has 0 saturated carbocycles. The van der Waals surface area contributed by atoms with E-state index in [4.69, 9.17) is 0 Å². The maximum atomic E-state index is 15.0. The predicted octanol–water partition coefficient (Wildman–Crippen LogP) is 11.0. The maximum Gasteiger partial charge on any atom is 0.246 e. The molecule has 4 amide bonds. The molecule has 68 heavy (non-hydrogen) atoms. The van der Waals surface area contributed by atoms with Crippen LogP contribution in [-0.4, -0.2) is 105 Å². The molecule has 1 fully saturated rings. The number of fused-ring (bicyclic) bond motifs is 2. The second-order valence-corrected chi connectivity index (χ2v) is 21.3. The van der Waals surface area contributed by atoms with E-state index in [-0.39, 0.29) is 101 Å². The van der Waals surface area contributed by atoms with Crippen molar-refractivity contribution < 1.29 is 29.1 Å². The van der Waals surface area contributed by atoms with Crippen LogP contribution in [-0.2, 0) is 29.4 Å². The summed E-state index contributed by atoms with van der Waals surface area (Å²) in [4.78, 5) is 82.5. The highest BCUT2D eigenvalue weighted by Gasteiger charge is 2.49. The minimum absolute atomic E-state index is 0.0309. The van der Waals surface area contributed by atoms with Gasteiger partial charge in [-0.3, -0.25) is 24.0 Å². The number of likely N-dealkylation sites (tertiary alicyclic amines) is 1. The molecule has 2 atom stereocenters. The van der Waals surface area contributed by atoms with E-state index in [9.17, 15) is 29.1 Å². The van der Waals surface area contributed by atoms with E-state index in [0.717, 1.165) is 73.9 Å². The number of carbonyl (C=O) groups excluding carboxylic acids is 5. The zero-order chi connectivity index (χ0) is 50.4. The number of hydrogen-bond acceptors (Lipinski definition) is 8. The number of Topliss-reactive ketones (excluding diaryl/α,β-unsaturated/α-hetero) is 1. The van der Waals surface area contributed by atoms with Crippen molar-refractivity contribution in [1.29, 1.82) is 0 Å². The van der Waals surface area contributed by atoms with Gasteiger partial charge in [-0.15, -0.1) is 0 Å². The van der Waals surface area contributed by atoms with E-state index >= 15 is 0 Å². The van der Waals surface area contributed by atoms with Gasteiger partial charge in [-0.25, -0.2) is 4.99 Å². The first kappa shape index (κ1) is 53.9. The van der Waals surface area contributed by atoms with Gasteiger partial charge in [0, 0.05) is 109 Å². The Morgan fingerprint density at radius 2 is 1.21 bits per heavy atom. The van der Waals surface area contributed by atoms with E-state index < -0.39 is 11.7 Å². The fourth-order valence-electron chi connectivity index (χ4n) is 10.4. The standard InChI is InChI=1S/C56H84N6O6/c1-15-19-27-59(28-20-16-2)49(65)25-23-47(63)57-43-33-45-41(55(11,12)37(9)61(45)35(5)6)31-39(43)51-53(67)52(54(51)68)40-32-42-46(62(36(7)8)38(10)56(42,13)14)34-44(40)58-48(64)24-26-50(66)60(29-21-17-3)30-22-18-4/h31-38,67H,15-30H2,1-14H3,(H,57,63). The summed E-state index contributed by atoms with van der Waals surface area (Å²) in [6, 6.07) is 4.28. The van der Waals surface area contributed by atoms with Crippen molar-refractivity contribution in [1.82, 2.24) is 14.7 Å². The van der Waals surface area contributed by atoms with Gasteiger partial charge in [0.15, 0.2) is 0 Å². The van der Waals surface area contributed by atoms with Crippen LogP contribution in [0.3, 0.4) is 0 Å². The summed E-state index contributed by atoms with van der Waals surface area (Å²) < 4.78 is 0. The average molecular weight is 937 g/mol. The van der Waals surface area contributed by atoms with Crippen LogP contribution in [0.2, 0.25) is 0 Å². The van der Waals surface area contributed by atoms with Crippen molar-refractivity contribution in [2.45, 2.75) is 204 Å². The third kappa shape index (κ3) is 11.0. The van der Waals surface area contributed by atoms with Gasteiger partial charge in [0.2, 0.25) is 29.4 Å². The van der Waals surface area contributed by atoms with Crippen LogP contribution >= 0.6 is 0 Å². The first-order chi connectivity index (χ1) is 32.1. The van der Waals surface area contributed by atoms with E-state index in [1.807, 2.05) is 34.1 Å². The van der Waals surface area contributed by atoms with Crippen molar-refractivity contribution in [3.63, 3.8) is 0 Å². The Labute approximate surface area is 408 Å². The molecule has 2 aliphatic heterocycles. The van der Waals surface area contributed by atoms with Gasteiger partial charge in [-0.2, -0.15) is 0 Å². The number of allylic oxidation sites excluding steroid dienone is 6. The summed E-state index contributed by atoms with van der Waals surface area (Å²) in [5.41, 5.74) is 4.66. The highest BCUT2D eigenvalue weighted by atomic mass is 16.3. The molecule has 2 unspecified atom stereocenters. The summed E-state index contributed by atoms with van der Waals surface area (Å²) in [6.45, 7) is 32.5. The Bertz CT molecular complexity index is 2240. The number of rotatable bonds is 22. The molecule has 0 aromatic heterocycles. The predicted molar refractivity (Wildman–Crippen MR) is 277 cm³/mol. The number of aliphatic hydroxyl groups excluding tert-OH is 1. The topological polar surface area (TPSA) is 143 Å². The number of nitrogens with zero attached hydrogens (tertiary/aromatic N) is 5. The van der Waals surface area contributed by atoms with Crippen LogP contribution in [0.5, 0.6) is 0 Å². The fourth-order valence-corrected chi connectivity index (χ4v) is 10.4. The van der Waals surface area contributed by atoms with Gasteiger partial charge in [0.1, 0.15) is 5.76 Å². The molecule has 12 heteroatoms. The van der Waals surface area contributed by atoms with Gasteiger partial charge in [-0.05, 0) is 103 Å².